The van der Waals surface area contributed by atoms with Gasteiger partial charge in [-0.1, -0.05) is 31.9 Å². The third kappa shape index (κ3) is 3.97. The van der Waals surface area contributed by atoms with Crippen LogP contribution < -0.4 is 5.76 Å². The summed E-state index contributed by atoms with van der Waals surface area (Å²) >= 11 is 0. The van der Waals surface area contributed by atoms with Gasteiger partial charge in [0.1, 0.15) is 0 Å². The lowest BCUT2D eigenvalue weighted by Gasteiger charge is -2.26. The second-order valence-electron chi connectivity index (χ2n) is 5.82. The van der Waals surface area contributed by atoms with Crippen molar-refractivity contribution in [2.45, 2.75) is 52.6 Å². The summed E-state index contributed by atoms with van der Waals surface area (Å²) in [4.78, 5) is 14.4. The molecule has 21 heavy (non-hydrogen) atoms. The molecule has 116 valence electrons. The number of fused-ring (bicyclic) bond motifs is 1. The van der Waals surface area contributed by atoms with Gasteiger partial charge in [-0.25, -0.2) is 4.79 Å². The summed E-state index contributed by atoms with van der Waals surface area (Å²) in [6.45, 7) is 9.29. The summed E-state index contributed by atoms with van der Waals surface area (Å²) in [5.41, 5.74) is 1.56. The van der Waals surface area contributed by atoms with Crippen molar-refractivity contribution in [1.82, 2.24) is 9.47 Å². The minimum Gasteiger partial charge on any atom is -0.408 e. The van der Waals surface area contributed by atoms with Crippen molar-refractivity contribution in [3.8, 4) is 0 Å². The van der Waals surface area contributed by atoms with Crippen LogP contribution >= 0.6 is 0 Å². The van der Waals surface area contributed by atoms with Crippen LogP contribution in [0.25, 0.3) is 11.1 Å². The highest BCUT2D eigenvalue weighted by atomic mass is 16.4. The van der Waals surface area contributed by atoms with Crippen LogP contribution in [-0.2, 0) is 6.54 Å². The topological polar surface area (TPSA) is 38.4 Å². The van der Waals surface area contributed by atoms with Gasteiger partial charge >= 0.3 is 5.76 Å². The molecule has 0 bridgehead atoms. The third-order valence-corrected chi connectivity index (χ3v) is 3.96. The SMILES string of the molecule is CCCCCN(CCn1c(=O)oc2ccccc21)C(C)C. The summed E-state index contributed by atoms with van der Waals surface area (Å²) in [7, 11) is 0. The predicted octanol–water partition coefficient (Wildman–Crippen LogP) is 3.50. The van der Waals surface area contributed by atoms with Crippen LogP contribution in [0, 0.1) is 0 Å². The highest BCUT2D eigenvalue weighted by Crippen LogP contribution is 2.12. The molecule has 2 rings (SSSR count). The van der Waals surface area contributed by atoms with E-state index in [1.54, 1.807) is 4.57 Å². The molecule has 0 amide bonds. The van der Waals surface area contributed by atoms with Crippen molar-refractivity contribution in [2.75, 3.05) is 13.1 Å². The lowest BCUT2D eigenvalue weighted by atomic mass is 10.2. The second kappa shape index (κ2) is 7.46. The van der Waals surface area contributed by atoms with Gasteiger partial charge in [0.05, 0.1) is 5.52 Å². The Morgan fingerprint density at radius 1 is 1.19 bits per heavy atom. The number of oxazole rings is 1. The average Bonchev–Trinajstić information content (AvgIpc) is 2.78. The number of nitrogens with zero attached hydrogens (tertiary/aromatic N) is 2. The Morgan fingerprint density at radius 3 is 2.67 bits per heavy atom. The molecule has 1 aromatic heterocycles. The molecule has 0 aliphatic carbocycles. The first-order valence-corrected chi connectivity index (χ1v) is 7.96. The van der Waals surface area contributed by atoms with Gasteiger partial charge in [0.15, 0.2) is 5.58 Å². The lowest BCUT2D eigenvalue weighted by molar-refractivity contribution is 0.208. The summed E-state index contributed by atoms with van der Waals surface area (Å²) in [5, 5.41) is 0. The minimum atomic E-state index is -0.256. The molecule has 0 saturated heterocycles. The summed E-state index contributed by atoms with van der Waals surface area (Å²) < 4.78 is 7.02. The molecule has 1 heterocycles. The number of benzene rings is 1. The largest absolute Gasteiger partial charge is 0.419 e. The fourth-order valence-electron chi connectivity index (χ4n) is 2.65. The number of hydrogen-bond acceptors (Lipinski definition) is 3. The fraction of sp³-hybridized carbons (Fsp3) is 0.588. The van der Waals surface area contributed by atoms with Gasteiger partial charge in [-0.3, -0.25) is 9.47 Å². The van der Waals surface area contributed by atoms with E-state index < -0.39 is 0 Å². The first kappa shape index (κ1) is 15.8. The smallest absolute Gasteiger partial charge is 0.408 e. The molecular weight excluding hydrogens is 264 g/mol. The van der Waals surface area contributed by atoms with Gasteiger partial charge in [-0.15, -0.1) is 0 Å². The van der Waals surface area contributed by atoms with Crippen LogP contribution in [0.4, 0.5) is 0 Å². The monoisotopic (exact) mass is 290 g/mol. The predicted molar refractivity (Wildman–Crippen MR) is 86.7 cm³/mol. The average molecular weight is 290 g/mol. The molecule has 1 aromatic carbocycles. The quantitative estimate of drug-likeness (QED) is 0.698. The van der Waals surface area contributed by atoms with Gasteiger partial charge in [-0.2, -0.15) is 0 Å². The van der Waals surface area contributed by atoms with Crippen molar-refractivity contribution in [3.63, 3.8) is 0 Å². The van der Waals surface area contributed by atoms with E-state index in [4.69, 9.17) is 4.42 Å². The molecular formula is C17H26N2O2. The maximum atomic E-state index is 12.0. The Kier molecular flexibility index (Phi) is 5.62. The number of hydrogen-bond donors (Lipinski definition) is 0. The minimum absolute atomic E-state index is 0.256. The molecule has 4 nitrogen and oxygen atoms in total. The zero-order chi connectivity index (χ0) is 15.2. The number of rotatable bonds is 8. The van der Waals surface area contributed by atoms with Gasteiger partial charge < -0.3 is 4.42 Å². The molecule has 0 fully saturated rings. The summed E-state index contributed by atoms with van der Waals surface area (Å²) in [6, 6.07) is 8.11. The molecule has 0 aliphatic rings. The Morgan fingerprint density at radius 2 is 1.95 bits per heavy atom. The third-order valence-electron chi connectivity index (χ3n) is 3.96. The lowest BCUT2D eigenvalue weighted by Crippen LogP contribution is -2.35. The van der Waals surface area contributed by atoms with Crippen LogP contribution in [0.15, 0.2) is 33.5 Å². The van der Waals surface area contributed by atoms with Gasteiger partial charge in [0.25, 0.3) is 0 Å². The van der Waals surface area contributed by atoms with E-state index >= 15 is 0 Å². The van der Waals surface area contributed by atoms with Crippen molar-refractivity contribution in [1.29, 1.82) is 0 Å². The van der Waals surface area contributed by atoms with Crippen molar-refractivity contribution in [2.24, 2.45) is 0 Å². The molecule has 0 spiro atoms. The Balaban J connectivity index is 2.05. The number of unbranched alkanes of at least 4 members (excludes halogenated alkanes) is 2. The van der Waals surface area contributed by atoms with Crippen molar-refractivity contribution in [3.05, 3.63) is 34.8 Å². The summed E-state index contributed by atoms with van der Waals surface area (Å²) in [6.07, 6.45) is 3.71. The highest BCUT2D eigenvalue weighted by Gasteiger charge is 2.12. The molecule has 0 radical (unpaired) electrons. The first-order valence-electron chi connectivity index (χ1n) is 7.96. The molecule has 4 heteroatoms. The first-order chi connectivity index (χ1) is 10.1. The number of para-hydroxylation sites is 2. The Hall–Kier alpha value is -1.55. The van der Waals surface area contributed by atoms with E-state index in [-0.39, 0.29) is 5.76 Å². The normalized spacial score (nSPS) is 11.9. The Labute approximate surface area is 126 Å². The number of aromatic nitrogens is 1. The van der Waals surface area contributed by atoms with Crippen molar-refractivity contribution >= 4 is 11.1 Å². The van der Waals surface area contributed by atoms with Crippen LogP contribution in [0.3, 0.4) is 0 Å². The molecule has 0 saturated carbocycles. The zero-order valence-electron chi connectivity index (χ0n) is 13.3. The van der Waals surface area contributed by atoms with Crippen LogP contribution in [0.5, 0.6) is 0 Å². The highest BCUT2D eigenvalue weighted by molar-refractivity contribution is 5.72. The standard InChI is InChI=1S/C17H26N2O2/c1-4-5-8-11-18(14(2)3)12-13-19-15-9-6-7-10-16(15)21-17(19)20/h6-7,9-10,14H,4-5,8,11-13H2,1-3H3. The van der Waals surface area contributed by atoms with Gasteiger partial charge in [0, 0.05) is 19.1 Å². The van der Waals surface area contributed by atoms with E-state index in [1.807, 2.05) is 24.3 Å². The van der Waals surface area contributed by atoms with E-state index in [1.165, 1.54) is 19.3 Å². The maximum absolute atomic E-state index is 12.0. The zero-order valence-corrected chi connectivity index (χ0v) is 13.3. The van der Waals surface area contributed by atoms with Crippen LogP contribution in [-0.4, -0.2) is 28.6 Å². The van der Waals surface area contributed by atoms with Gasteiger partial charge in [-0.05, 0) is 38.9 Å². The second-order valence-corrected chi connectivity index (χ2v) is 5.82. The summed E-state index contributed by atoms with van der Waals surface area (Å²) in [5.74, 6) is -0.256. The fourth-order valence-corrected chi connectivity index (χ4v) is 2.65. The Bertz CT molecular complexity index is 613. The van der Waals surface area contributed by atoms with E-state index in [0.717, 1.165) is 18.6 Å². The molecule has 0 unspecified atom stereocenters. The van der Waals surface area contributed by atoms with E-state index in [2.05, 4.69) is 25.7 Å². The van der Waals surface area contributed by atoms with Crippen LogP contribution in [0.1, 0.15) is 40.0 Å². The maximum Gasteiger partial charge on any atom is 0.419 e. The van der Waals surface area contributed by atoms with E-state index in [0.29, 0.717) is 18.2 Å². The van der Waals surface area contributed by atoms with E-state index in [9.17, 15) is 4.79 Å². The van der Waals surface area contributed by atoms with Crippen LogP contribution in [0.2, 0.25) is 0 Å². The van der Waals surface area contributed by atoms with Crippen molar-refractivity contribution < 1.29 is 4.42 Å². The van der Waals surface area contributed by atoms with Gasteiger partial charge in [0.2, 0.25) is 0 Å². The molecule has 0 N–H and O–H groups in total. The molecule has 2 aromatic rings. The molecule has 0 atom stereocenters. The molecule has 0 aliphatic heterocycles.